The van der Waals surface area contributed by atoms with Gasteiger partial charge in [-0.15, -0.1) is 24.0 Å². The summed E-state index contributed by atoms with van der Waals surface area (Å²) < 4.78 is 5.16. The van der Waals surface area contributed by atoms with Crippen LogP contribution < -0.4 is 15.4 Å². The molecule has 0 saturated carbocycles. The van der Waals surface area contributed by atoms with E-state index in [1.54, 1.807) is 7.11 Å². The summed E-state index contributed by atoms with van der Waals surface area (Å²) >= 11 is 0. The summed E-state index contributed by atoms with van der Waals surface area (Å²) in [5.41, 5.74) is 0.809. The van der Waals surface area contributed by atoms with E-state index in [0.29, 0.717) is 11.9 Å². The molecule has 0 spiro atoms. The van der Waals surface area contributed by atoms with E-state index in [9.17, 15) is 9.90 Å². The first-order valence-electron chi connectivity index (χ1n) is 11.2. The minimum Gasteiger partial charge on any atom is -0.497 e. The summed E-state index contributed by atoms with van der Waals surface area (Å²) in [7, 11) is 1.62. The second kappa shape index (κ2) is 14.5. The Bertz CT molecular complexity index is 672. The third kappa shape index (κ3) is 8.48. The van der Waals surface area contributed by atoms with Crippen molar-refractivity contribution in [2.24, 2.45) is 10.9 Å². The Hall–Kier alpha value is -1.55. The monoisotopic (exact) mass is 546 g/mol. The number of amides is 1. The van der Waals surface area contributed by atoms with E-state index in [1.165, 1.54) is 0 Å². The molecule has 0 aromatic heterocycles. The molecule has 1 fully saturated rings. The lowest BCUT2D eigenvalue weighted by atomic mass is 9.98. The van der Waals surface area contributed by atoms with Crippen molar-refractivity contribution in [1.29, 1.82) is 0 Å². The van der Waals surface area contributed by atoms with Gasteiger partial charge in [-0.25, -0.2) is 0 Å². The molecule has 7 nitrogen and oxygen atoms in total. The van der Waals surface area contributed by atoms with Gasteiger partial charge in [-0.1, -0.05) is 26.0 Å². The van der Waals surface area contributed by atoms with Gasteiger partial charge in [0.05, 0.1) is 19.8 Å². The number of nitrogens with one attached hydrogen (secondary N) is 2. The number of carbonyl (C=O) groups excluding carboxylic acids is 1. The predicted molar refractivity (Wildman–Crippen MR) is 136 cm³/mol. The first-order chi connectivity index (χ1) is 14.5. The number of hydrogen-bond donors (Lipinski definition) is 3. The number of piperidine rings is 1. The second-order valence-corrected chi connectivity index (χ2v) is 7.77. The zero-order valence-electron chi connectivity index (χ0n) is 19.3. The van der Waals surface area contributed by atoms with E-state index >= 15 is 0 Å². The normalized spacial score (nSPS) is 15.9. The largest absolute Gasteiger partial charge is 0.497 e. The topological polar surface area (TPSA) is 86.2 Å². The number of aliphatic hydroxyl groups excluding tert-OH is 1. The SMILES string of the molecule is CCNC(=NCC(O)c1ccc(OC)cc1)NC1CCN(C(=O)C(CC)CC)CC1.I. The van der Waals surface area contributed by atoms with Gasteiger partial charge >= 0.3 is 0 Å². The summed E-state index contributed by atoms with van der Waals surface area (Å²) in [6, 6.07) is 7.65. The molecule has 1 aliphatic rings. The number of aliphatic hydroxyl groups is 1. The number of rotatable bonds is 9. The lowest BCUT2D eigenvalue weighted by molar-refractivity contribution is -0.136. The van der Waals surface area contributed by atoms with Crippen LogP contribution in [0.1, 0.15) is 58.1 Å². The van der Waals surface area contributed by atoms with Gasteiger partial charge in [-0.3, -0.25) is 9.79 Å². The number of hydrogen-bond acceptors (Lipinski definition) is 4. The lowest BCUT2D eigenvalue weighted by Gasteiger charge is -2.35. The Morgan fingerprint density at radius 1 is 1.19 bits per heavy atom. The molecule has 1 aromatic rings. The Kier molecular flexibility index (Phi) is 12.9. The third-order valence-electron chi connectivity index (χ3n) is 5.75. The van der Waals surface area contributed by atoms with Gasteiger partial charge in [-0.05, 0) is 50.3 Å². The molecule has 1 saturated heterocycles. The van der Waals surface area contributed by atoms with Gasteiger partial charge in [0.2, 0.25) is 5.91 Å². The minimum atomic E-state index is -0.675. The van der Waals surface area contributed by atoms with E-state index in [-0.39, 0.29) is 42.5 Å². The molecular formula is C23H39IN4O3. The van der Waals surface area contributed by atoms with Crippen LogP contribution in [0, 0.1) is 5.92 Å². The molecule has 3 N–H and O–H groups in total. The molecular weight excluding hydrogens is 507 g/mol. The van der Waals surface area contributed by atoms with Crippen molar-refractivity contribution in [1.82, 2.24) is 15.5 Å². The fourth-order valence-electron chi connectivity index (χ4n) is 3.76. The minimum absolute atomic E-state index is 0. The van der Waals surface area contributed by atoms with Gasteiger partial charge in [0.15, 0.2) is 5.96 Å². The maximum Gasteiger partial charge on any atom is 0.225 e. The predicted octanol–water partition coefficient (Wildman–Crippen LogP) is 3.33. The number of aliphatic imine (C=N–C) groups is 1. The maximum atomic E-state index is 12.6. The number of methoxy groups -OCH3 is 1. The van der Waals surface area contributed by atoms with Gasteiger partial charge in [0.25, 0.3) is 0 Å². The van der Waals surface area contributed by atoms with Gasteiger partial charge in [0, 0.05) is 31.6 Å². The average molecular weight is 546 g/mol. The molecule has 1 heterocycles. The van der Waals surface area contributed by atoms with Crippen molar-refractivity contribution in [3.63, 3.8) is 0 Å². The van der Waals surface area contributed by atoms with Crippen LogP contribution >= 0.6 is 24.0 Å². The molecule has 1 unspecified atom stereocenters. The summed E-state index contributed by atoms with van der Waals surface area (Å²) in [5.74, 6) is 1.91. The highest BCUT2D eigenvalue weighted by Crippen LogP contribution is 2.19. The standard InChI is InChI=1S/C23H38N4O3.HI/c1-5-17(6-2)22(29)27-14-12-19(13-15-27)26-23(24-7-3)25-16-21(28)18-8-10-20(30-4)11-9-18;/h8-11,17,19,21,28H,5-7,12-16H2,1-4H3,(H2,24,25,26);1H. The Balaban J connectivity index is 0.00000480. The van der Waals surface area contributed by atoms with Crippen molar-refractivity contribution in [2.75, 3.05) is 33.3 Å². The molecule has 176 valence electrons. The van der Waals surface area contributed by atoms with Crippen molar-refractivity contribution < 1.29 is 14.6 Å². The van der Waals surface area contributed by atoms with E-state index in [1.807, 2.05) is 36.1 Å². The molecule has 1 amide bonds. The van der Waals surface area contributed by atoms with Crippen molar-refractivity contribution in [2.45, 2.75) is 58.6 Å². The van der Waals surface area contributed by atoms with E-state index < -0.39 is 6.10 Å². The van der Waals surface area contributed by atoms with Gasteiger partial charge in [-0.2, -0.15) is 0 Å². The first-order valence-corrected chi connectivity index (χ1v) is 11.2. The molecule has 1 atom stereocenters. The molecule has 2 rings (SSSR count). The molecule has 0 bridgehead atoms. The van der Waals surface area contributed by atoms with Gasteiger partial charge < -0.3 is 25.4 Å². The van der Waals surface area contributed by atoms with Crippen LogP contribution in [0.25, 0.3) is 0 Å². The van der Waals surface area contributed by atoms with E-state index in [0.717, 1.165) is 56.6 Å². The fourth-order valence-corrected chi connectivity index (χ4v) is 3.76. The van der Waals surface area contributed by atoms with E-state index in [4.69, 9.17) is 4.74 Å². The van der Waals surface area contributed by atoms with Crippen LogP contribution in [0.2, 0.25) is 0 Å². The molecule has 1 aromatic carbocycles. The van der Waals surface area contributed by atoms with Crippen LogP contribution in [-0.4, -0.2) is 61.2 Å². The molecule has 8 heteroatoms. The molecule has 0 aliphatic carbocycles. The smallest absolute Gasteiger partial charge is 0.225 e. The number of carbonyl (C=O) groups is 1. The lowest BCUT2D eigenvalue weighted by Crippen LogP contribution is -2.50. The Morgan fingerprint density at radius 3 is 2.32 bits per heavy atom. The third-order valence-corrected chi connectivity index (χ3v) is 5.75. The summed E-state index contributed by atoms with van der Waals surface area (Å²) in [6.07, 6.45) is 2.93. The summed E-state index contributed by atoms with van der Waals surface area (Å²) in [4.78, 5) is 19.2. The highest BCUT2D eigenvalue weighted by molar-refractivity contribution is 14.0. The fraction of sp³-hybridized carbons (Fsp3) is 0.652. The highest BCUT2D eigenvalue weighted by atomic mass is 127. The number of ether oxygens (including phenoxy) is 1. The van der Waals surface area contributed by atoms with Crippen molar-refractivity contribution in [3.8, 4) is 5.75 Å². The van der Waals surface area contributed by atoms with Crippen molar-refractivity contribution in [3.05, 3.63) is 29.8 Å². The zero-order valence-corrected chi connectivity index (χ0v) is 21.6. The quantitative estimate of drug-likeness (QED) is 0.252. The number of guanidine groups is 1. The number of nitrogens with zero attached hydrogens (tertiary/aromatic N) is 2. The van der Waals surface area contributed by atoms with Crippen LogP contribution in [0.15, 0.2) is 29.3 Å². The van der Waals surface area contributed by atoms with Crippen LogP contribution in [-0.2, 0) is 4.79 Å². The summed E-state index contributed by atoms with van der Waals surface area (Å²) in [6.45, 7) is 8.76. The molecule has 0 radical (unpaired) electrons. The number of likely N-dealkylation sites (tertiary alicyclic amines) is 1. The van der Waals surface area contributed by atoms with Gasteiger partial charge in [0.1, 0.15) is 5.75 Å². The number of benzene rings is 1. The Morgan fingerprint density at radius 2 is 1.81 bits per heavy atom. The molecule has 1 aliphatic heterocycles. The maximum absolute atomic E-state index is 12.6. The van der Waals surface area contributed by atoms with Crippen LogP contribution in [0.4, 0.5) is 0 Å². The Labute approximate surface area is 204 Å². The van der Waals surface area contributed by atoms with Crippen molar-refractivity contribution >= 4 is 35.8 Å². The second-order valence-electron chi connectivity index (χ2n) is 7.77. The highest BCUT2D eigenvalue weighted by Gasteiger charge is 2.26. The van der Waals surface area contributed by atoms with Crippen LogP contribution in [0.5, 0.6) is 5.75 Å². The zero-order chi connectivity index (χ0) is 21.9. The average Bonchev–Trinajstić information content (AvgIpc) is 2.78. The van der Waals surface area contributed by atoms with Crippen LogP contribution in [0.3, 0.4) is 0 Å². The number of halogens is 1. The van der Waals surface area contributed by atoms with E-state index in [2.05, 4.69) is 29.5 Å². The first kappa shape index (κ1) is 27.5. The molecule has 31 heavy (non-hydrogen) atoms. The summed E-state index contributed by atoms with van der Waals surface area (Å²) in [5, 5.41) is 17.2.